The van der Waals surface area contributed by atoms with Gasteiger partial charge in [0.25, 0.3) is 0 Å². The number of halogens is 1. The summed E-state index contributed by atoms with van der Waals surface area (Å²) in [5, 5.41) is 2.84. The summed E-state index contributed by atoms with van der Waals surface area (Å²) in [6.45, 7) is 0. The Hall–Kier alpha value is -1.98. The molecule has 0 unspecified atom stereocenters. The Morgan fingerprint density at radius 3 is 2.26 bits per heavy atom. The summed E-state index contributed by atoms with van der Waals surface area (Å²) >= 11 is 0. The first-order chi connectivity index (χ1) is 10.7. The highest BCUT2D eigenvalue weighted by Crippen LogP contribution is 2.27. The summed E-state index contributed by atoms with van der Waals surface area (Å²) in [7, 11) is 0. The van der Waals surface area contributed by atoms with E-state index in [9.17, 15) is 4.79 Å². The SMILES string of the molecule is Cl.NC1(C(=O)Nc2cnc(-c3ccccc3)nc2)CCCCC1. The van der Waals surface area contributed by atoms with Crippen LogP contribution in [0.5, 0.6) is 0 Å². The number of nitrogens with one attached hydrogen (secondary N) is 1. The summed E-state index contributed by atoms with van der Waals surface area (Å²) in [6, 6.07) is 9.73. The molecule has 1 aromatic carbocycles. The maximum atomic E-state index is 12.4. The molecule has 0 bridgehead atoms. The molecule has 0 atom stereocenters. The van der Waals surface area contributed by atoms with Crippen LogP contribution in [0.25, 0.3) is 11.4 Å². The average Bonchev–Trinajstić information content (AvgIpc) is 2.57. The third kappa shape index (κ3) is 4.06. The Labute approximate surface area is 142 Å². The van der Waals surface area contributed by atoms with Crippen molar-refractivity contribution in [1.82, 2.24) is 9.97 Å². The molecule has 1 fully saturated rings. The molecule has 23 heavy (non-hydrogen) atoms. The van der Waals surface area contributed by atoms with Crippen LogP contribution >= 0.6 is 12.4 Å². The van der Waals surface area contributed by atoms with E-state index in [1.165, 1.54) is 0 Å². The first kappa shape index (κ1) is 17.4. The van der Waals surface area contributed by atoms with Crippen molar-refractivity contribution >= 4 is 24.0 Å². The number of rotatable bonds is 3. The van der Waals surface area contributed by atoms with E-state index < -0.39 is 5.54 Å². The van der Waals surface area contributed by atoms with Gasteiger partial charge < -0.3 is 11.1 Å². The predicted octanol–water partition coefficient (Wildman–Crippen LogP) is 3.17. The molecule has 0 spiro atoms. The first-order valence-corrected chi connectivity index (χ1v) is 7.65. The lowest BCUT2D eigenvalue weighted by Crippen LogP contribution is -2.52. The number of carbonyl (C=O) groups is 1. The number of anilines is 1. The molecule has 6 heteroatoms. The molecule has 122 valence electrons. The van der Waals surface area contributed by atoms with Crippen LogP contribution in [0.2, 0.25) is 0 Å². The van der Waals surface area contributed by atoms with Crippen molar-refractivity contribution < 1.29 is 4.79 Å². The second-order valence-corrected chi connectivity index (χ2v) is 5.83. The number of amides is 1. The Kier molecular flexibility index (Phi) is 5.69. The lowest BCUT2D eigenvalue weighted by Gasteiger charge is -2.31. The fraction of sp³-hybridized carbons (Fsp3) is 0.353. The summed E-state index contributed by atoms with van der Waals surface area (Å²) in [5.41, 5.74) is 7.00. The van der Waals surface area contributed by atoms with E-state index in [1.807, 2.05) is 30.3 Å². The van der Waals surface area contributed by atoms with Crippen LogP contribution in [0.1, 0.15) is 32.1 Å². The molecule has 3 rings (SSSR count). The Balaban J connectivity index is 0.00000192. The Bertz CT molecular complexity index is 639. The van der Waals surface area contributed by atoms with Crippen LogP contribution in [0.15, 0.2) is 42.7 Å². The molecule has 1 saturated carbocycles. The number of aromatic nitrogens is 2. The van der Waals surface area contributed by atoms with Crippen LogP contribution in [0.4, 0.5) is 5.69 Å². The number of hydrogen-bond donors (Lipinski definition) is 2. The zero-order valence-electron chi connectivity index (χ0n) is 12.9. The molecule has 0 saturated heterocycles. The number of nitrogens with two attached hydrogens (primary N) is 1. The van der Waals surface area contributed by atoms with Gasteiger partial charge in [0, 0.05) is 5.56 Å². The van der Waals surface area contributed by atoms with Crippen LogP contribution < -0.4 is 11.1 Å². The van der Waals surface area contributed by atoms with Gasteiger partial charge in [0.15, 0.2) is 5.82 Å². The number of benzene rings is 1. The van der Waals surface area contributed by atoms with Crippen molar-refractivity contribution in [2.45, 2.75) is 37.6 Å². The minimum atomic E-state index is -0.754. The lowest BCUT2D eigenvalue weighted by molar-refractivity contribution is -0.122. The van der Waals surface area contributed by atoms with Crippen molar-refractivity contribution in [2.75, 3.05) is 5.32 Å². The number of nitrogens with zero attached hydrogens (tertiary/aromatic N) is 2. The molecule has 0 radical (unpaired) electrons. The Morgan fingerprint density at radius 2 is 1.65 bits per heavy atom. The van der Waals surface area contributed by atoms with Gasteiger partial charge in [-0.3, -0.25) is 4.79 Å². The van der Waals surface area contributed by atoms with E-state index >= 15 is 0 Å². The lowest BCUT2D eigenvalue weighted by atomic mass is 9.82. The fourth-order valence-corrected chi connectivity index (χ4v) is 2.79. The summed E-state index contributed by atoms with van der Waals surface area (Å²) in [5.74, 6) is 0.502. The highest BCUT2D eigenvalue weighted by atomic mass is 35.5. The smallest absolute Gasteiger partial charge is 0.244 e. The molecular formula is C17H21ClN4O. The van der Waals surface area contributed by atoms with Gasteiger partial charge in [0.1, 0.15) is 0 Å². The second-order valence-electron chi connectivity index (χ2n) is 5.83. The topological polar surface area (TPSA) is 80.9 Å². The zero-order chi connectivity index (χ0) is 15.4. The molecule has 1 aliphatic carbocycles. The van der Waals surface area contributed by atoms with Crippen LogP contribution in [-0.2, 0) is 4.79 Å². The molecule has 3 N–H and O–H groups in total. The van der Waals surface area contributed by atoms with Gasteiger partial charge in [-0.2, -0.15) is 0 Å². The van der Waals surface area contributed by atoms with Gasteiger partial charge in [-0.1, -0.05) is 49.6 Å². The molecule has 1 aromatic heterocycles. The summed E-state index contributed by atoms with van der Waals surface area (Å²) < 4.78 is 0. The fourth-order valence-electron chi connectivity index (χ4n) is 2.79. The van der Waals surface area contributed by atoms with Crippen molar-refractivity contribution in [2.24, 2.45) is 5.73 Å². The van der Waals surface area contributed by atoms with Crippen LogP contribution in [-0.4, -0.2) is 21.4 Å². The van der Waals surface area contributed by atoms with Gasteiger partial charge in [-0.25, -0.2) is 9.97 Å². The van der Waals surface area contributed by atoms with Gasteiger partial charge in [-0.15, -0.1) is 12.4 Å². The van der Waals surface area contributed by atoms with Gasteiger partial charge in [-0.05, 0) is 12.8 Å². The minimum absolute atomic E-state index is 0. The van der Waals surface area contributed by atoms with Crippen molar-refractivity contribution in [1.29, 1.82) is 0 Å². The molecular weight excluding hydrogens is 312 g/mol. The predicted molar refractivity (Wildman–Crippen MR) is 93.3 cm³/mol. The maximum absolute atomic E-state index is 12.4. The normalized spacial score (nSPS) is 16.2. The Morgan fingerprint density at radius 1 is 1.04 bits per heavy atom. The van der Waals surface area contributed by atoms with E-state index in [2.05, 4.69) is 15.3 Å². The largest absolute Gasteiger partial charge is 0.322 e. The monoisotopic (exact) mass is 332 g/mol. The van der Waals surface area contributed by atoms with E-state index in [-0.39, 0.29) is 18.3 Å². The maximum Gasteiger partial charge on any atom is 0.244 e. The van der Waals surface area contributed by atoms with Crippen molar-refractivity contribution in [3.63, 3.8) is 0 Å². The third-order valence-corrected chi connectivity index (χ3v) is 4.14. The minimum Gasteiger partial charge on any atom is -0.322 e. The molecule has 1 amide bonds. The number of carbonyl (C=O) groups excluding carboxylic acids is 1. The molecule has 1 aliphatic rings. The second kappa shape index (κ2) is 7.53. The molecule has 5 nitrogen and oxygen atoms in total. The van der Waals surface area contributed by atoms with E-state index in [0.29, 0.717) is 11.5 Å². The molecule has 0 aliphatic heterocycles. The highest BCUT2D eigenvalue weighted by molar-refractivity contribution is 5.97. The molecule has 2 aromatic rings. The summed E-state index contributed by atoms with van der Waals surface area (Å²) in [4.78, 5) is 21.0. The average molecular weight is 333 g/mol. The van der Waals surface area contributed by atoms with E-state index in [4.69, 9.17) is 5.73 Å². The van der Waals surface area contributed by atoms with Crippen LogP contribution in [0.3, 0.4) is 0 Å². The van der Waals surface area contributed by atoms with Gasteiger partial charge in [0.05, 0.1) is 23.6 Å². The highest BCUT2D eigenvalue weighted by Gasteiger charge is 2.35. The molecule has 1 heterocycles. The van der Waals surface area contributed by atoms with Gasteiger partial charge in [0.2, 0.25) is 5.91 Å². The van der Waals surface area contributed by atoms with Gasteiger partial charge >= 0.3 is 0 Å². The quantitative estimate of drug-likeness (QED) is 0.904. The zero-order valence-corrected chi connectivity index (χ0v) is 13.7. The van der Waals surface area contributed by atoms with Crippen LogP contribution in [0, 0.1) is 0 Å². The van der Waals surface area contributed by atoms with Crippen molar-refractivity contribution in [3.05, 3.63) is 42.7 Å². The summed E-state index contributed by atoms with van der Waals surface area (Å²) in [6.07, 6.45) is 7.89. The third-order valence-electron chi connectivity index (χ3n) is 4.14. The van der Waals surface area contributed by atoms with E-state index in [0.717, 1.165) is 37.7 Å². The van der Waals surface area contributed by atoms with E-state index in [1.54, 1.807) is 12.4 Å². The van der Waals surface area contributed by atoms with Crippen molar-refractivity contribution in [3.8, 4) is 11.4 Å². The number of hydrogen-bond acceptors (Lipinski definition) is 4. The first-order valence-electron chi connectivity index (χ1n) is 7.65. The standard InChI is InChI=1S/C17H20N4O.ClH/c18-17(9-5-2-6-10-17)16(22)21-14-11-19-15(20-12-14)13-7-3-1-4-8-13;/h1,3-4,7-8,11-12H,2,5-6,9-10,18H2,(H,21,22);1H.